The Labute approximate surface area is 188 Å². The predicted octanol–water partition coefficient (Wildman–Crippen LogP) is 3.81. The first-order chi connectivity index (χ1) is 14.9. The van der Waals surface area contributed by atoms with Crippen molar-refractivity contribution in [3.8, 4) is 5.75 Å². The lowest BCUT2D eigenvalue weighted by molar-refractivity contribution is 0.0686. The van der Waals surface area contributed by atoms with Gasteiger partial charge in [-0.05, 0) is 47.2 Å². The first-order valence-electron chi connectivity index (χ1n) is 9.99. The van der Waals surface area contributed by atoms with Crippen LogP contribution in [0.25, 0.3) is 0 Å². The van der Waals surface area contributed by atoms with E-state index in [1.54, 1.807) is 7.05 Å². The third-order valence-electron chi connectivity index (χ3n) is 6.30. The van der Waals surface area contributed by atoms with E-state index in [4.69, 9.17) is 23.2 Å². The van der Waals surface area contributed by atoms with Crippen LogP contribution in [0.5, 0.6) is 5.75 Å². The number of carbonyl (C=O) groups is 1. The van der Waals surface area contributed by atoms with Gasteiger partial charge in [0.1, 0.15) is 0 Å². The summed E-state index contributed by atoms with van der Waals surface area (Å²) in [6.45, 7) is 0.351. The molecule has 3 aromatic rings. The standard InChI is InChI=1S/C23H19Cl2N3O3/c1-27-11-18(28-21(23(27)31)22(30)19(29)10-26-28)20-14-4-2-6-16(24)12(14)8-9-13-15(20)5-3-7-17(13)25/h2-7,10,18,20,30H,8-9,11H2,1H3. The van der Waals surface area contributed by atoms with Gasteiger partial charge in [-0.25, -0.2) is 0 Å². The number of nitrogens with zero attached hydrogens (tertiary/aromatic N) is 3. The van der Waals surface area contributed by atoms with Gasteiger partial charge in [-0.3, -0.25) is 14.3 Å². The molecule has 0 fully saturated rings. The molecule has 6 nitrogen and oxygen atoms in total. The molecule has 1 aliphatic heterocycles. The molecule has 8 heteroatoms. The van der Waals surface area contributed by atoms with Gasteiger partial charge in [0, 0.05) is 29.6 Å². The molecule has 2 heterocycles. The molecular formula is C23H19Cl2N3O3. The first-order valence-corrected chi connectivity index (χ1v) is 10.7. The maximum Gasteiger partial charge on any atom is 0.275 e. The number of fused-ring (bicyclic) bond motifs is 3. The maximum absolute atomic E-state index is 12.8. The Morgan fingerprint density at radius 2 is 1.58 bits per heavy atom. The Kier molecular flexibility index (Phi) is 4.79. The van der Waals surface area contributed by atoms with Crippen molar-refractivity contribution >= 4 is 29.1 Å². The van der Waals surface area contributed by atoms with Crippen molar-refractivity contribution in [1.82, 2.24) is 14.7 Å². The van der Waals surface area contributed by atoms with Gasteiger partial charge in [-0.1, -0.05) is 47.5 Å². The van der Waals surface area contributed by atoms with Crippen LogP contribution in [0.3, 0.4) is 0 Å². The lowest BCUT2D eigenvalue weighted by Crippen LogP contribution is -2.45. The Hall–Kier alpha value is -2.83. The van der Waals surface area contributed by atoms with Crippen molar-refractivity contribution in [1.29, 1.82) is 0 Å². The van der Waals surface area contributed by atoms with E-state index in [2.05, 4.69) is 5.10 Å². The summed E-state index contributed by atoms with van der Waals surface area (Å²) in [5, 5.41) is 16.1. The number of hydrogen-bond donors (Lipinski definition) is 1. The second-order valence-electron chi connectivity index (χ2n) is 8.00. The van der Waals surface area contributed by atoms with Gasteiger partial charge in [0.15, 0.2) is 11.4 Å². The number of likely N-dealkylation sites (N-methyl/N-ethyl adjacent to an activating group) is 1. The van der Waals surface area contributed by atoms with Crippen molar-refractivity contribution in [3.63, 3.8) is 0 Å². The van der Waals surface area contributed by atoms with Crippen LogP contribution in [0.4, 0.5) is 0 Å². The zero-order chi connectivity index (χ0) is 21.9. The summed E-state index contributed by atoms with van der Waals surface area (Å²) in [5.41, 5.74) is 3.36. The minimum atomic E-state index is -0.679. The highest BCUT2D eigenvalue weighted by molar-refractivity contribution is 6.32. The van der Waals surface area contributed by atoms with E-state index in [-0.39, 0.29) is 17.7 Å². The number of halogens is 2. The smallest absolute Gasteiger partial charge is 0.275 e. The van der Waals surface area contributed by atoms with Gasteiger partial charge in [-0.2, -0.15) is 5.10 Å². The molecule has 31 heavy (non-hydrogen) atoms. The van der Waals surface area contributed by atoms with Gasteiger partial charge >= 0.3 is 0 Å². The molecule has 2 aliphatic rings. The predicted molar refractivity (Wildman–Crippen MR) is 118 cm³/mol. The summed E-state index contributed by atoms with van der Waals surface area (Å²) in [5.74, 6) is -1.25. The SMILES string of the molecule is CN1CC(C2c3cccc(Cl)c3CCc3c(Cl)cccc32)n2ncc(=O)c(O)c2C1=O. The van der Waals surface area contributed by atoms with E-state index in [0.717, 1.165) is 41.3 Å². The van der Waals surface area contributed by atoms with Gasteiger partial charge in [0.2, 0.25) is 5.43 Å². The third kappa shape index (κ3) is 3.05. The summed E-state index contributed by atoms with van der Waals surface area (Å²) in [4.78, 5) is 26.4. The van der Waals surface area contributed by atoms with Crippen LogP contribution >= 0.6 is 23.2 Å². The zero-order valence-corrected chi connectivity index (χ0v) is 18.2. The molecule has 158 valence electrons. The maximum atomic E-state index is 12.8. The molecule has 0 bridgehead atoms. The molecule has 5 rings (SSSR count). The quantitative estimate of drug-likeness (QED) is 0.605. The van der Waals surface area contributed by atoms with Crippen LogP contribution in [0.2, 0.25) is 10.0 Å². The number of rotatable bonds is 1. The number of hydrogen-bond acceptors (Lipinski definition) is 4. The lowest BCUT2D eigenvalue weighted by atomic mass is 9.81. The second kappa shape index (κ2) is 7.39. The summed E-state index contributed by atoms with van der Waals surface area (Å²) >= 11 is 13.2. The monoisotopic (exact) mass is 455 g/mol. The van der Waals surface area contributed by atoms with E-state index < -0.39 is 17.1 Å². The van der Waals surface area contributed by atoms with E-state index in [1.165, 1.54) is 9.58 Å². The Balaban J connectivity index is 1.82. The van der Waals surface area contributed by atoms with Crippen molar-refractivity contribution in [3.05, 3.63) is 90.8 Å². The van der Waals surface area contributed by atoms with Gasteiger partial charge in [0.05, 0.1) is 12.2 Å². The van der Waals surface area contributed by atoms with Crippen molar-refractivity contribution < 1.29 is 9.90 Å². The fraction of sp³-hybridized carbons (Fsp3) is 0.261. The van der Waals surface area contributed by atoms with Crippen LogP contribution in [-0.4, -0.2) is 39.3 Å². The normalized spacial score (nSPS) is 18.2. The van der Waals surface area contributed by atoms with Crippen molar-refractivity contribution in [2.45, 2.75) is 24.8 Å². The van der Waals surface area contributed by atoms with E-state index >= 15 is 0 Å². The second-order valence-corrected chi connectivity index (χ2v) is 8.81. The van der Waals surface area contributed by atoms with Gasteiger partial charge < -0.3 is 10.0 Å². The van der Waals surface area contributed by atoms with Crippen LogP contribution in [0.1, 0.15) is 44.7 Å². The molecule has 1 unspecified atom stereocenters. The minimum Gasteiger partial charge on any atom is -0.502 e. The fourth-order valence-electron chi connectivity index (χ4n) is 4.87. The van der Waals surface area contributed by atoms with Crippen LogP contribution < -0.4 is 5.43 Å². The highest BCUT2D eigenvalue weighted by Crippen LogP contribution is 2.46. The van der Waals surface area contributed by atoms with E-state index in [9.17, 15) is 14.7 Å². The molecule has 0 radical (unpaired) electrons. The Morgan fingerprint density at radius 1 is 1.00 bits per heavy atom. The molecule has 2 aromatic carbocycles. The number of aromatic nitrogens is 2. The topological polar surface area (TPSA) is 75.4 Å². The van der Waals surface area contributed by atoms with Gasteiger partial charge in [0.25, 0.3) is 5.91 Å². The lowest BCUT2D eigenvalue weighted by Gasteiger charge is -2.38. The highest BCUT2D eigenvalue weighted by Gasteiger charge is 2.40. The molecule has 1 aliphatic carbocycles. The number of benzene rings is 2. The van der Waals surface area contributed by atoms with Crippen LogP contribution in [0, 0.1) is 0 Å². The molecule has 1 atom stereocenters. The van der Waals surface area contributed by atoms with Crippen LogP contribution in [0.15, 0.2) is 47.4 Å². The van der Waals surface area contributed by atoms with E-state index in [0.29, 0.717) is 16.6 Å². The van der Waals surface area contributed by atoms with Crippen molar-refractivity contribution in [2.75, 3.05) is 13.6 Å². The molecule has 0 saturated heterocycles. The zero-order valence-electron chi connectivity index (χ0n) is 16.7. The molecule has 1 aromatic heterocycles. The summed E-state index contributed by atoms with van der Waals surface area (Å²) in [7, 11) is 1.66. The minimum absolute atomic E-state index is 0.0948. The third-order valence-corrected chi connectivity index (χ3v) is 7.01. The molecule has 0 saturated carbocycles. The van der Waals surface area contributed by atoms with Gasteiger partial charge in [-0.15, -0.1) is 0 Å². The Morgan fingerprint density at radius 3 is 2.16 bits per heavy atom. The number of carbonyl (C=O) groups excluding carboxylic acids is 1. The highest BCUT2D eigenvalue weighted by atomic mass is 35.5. The largest absolute Gasteiger partial charge is 0.502 e. The van der Waals surface area contributed by atoms with Crippen LogP contribution in [-0.2, 0) is 12.8 Å². The van der Waals surface area contributed by atoms with Crippen molar-refractivity contribution in [2.24, 2.45) is 0 Å². The molecule has 1 N–H and O–H groups in total. The molecule has 1 amide bonds. The number of aromatic hydroxyl groups is 1. The fourth-order valence-corrected chi connectivity index (χ4v) is 5.42. The average Bonchev–Trinajstić information content (AvgIpc) is 2.91. The summed E-state index contributed by atoms with van der Waals surface area (Å²) in [6.07, 6.45) is 2.53. The average molecular weight is 456 g/mol. The molecule has 0 spiro atoms. The summed E-state index contributed by atoms with van der Waals surface area (Å²) in [6, 6.07) is 11.3. The summed E-state index contributed by atoms with van der Waals surface area (Å²) < 4.78 is 1.49. The Bertz CT molecular complexity index is 1230. The molecular weight excluding hydrogens is 437 g/mol. The first kappa shape index (κ1) is 20.1. The number of amides is 1. The van der Waals surface area contributed by atoms with E-state index in [1.807, 2.05) is 36.4 Å².